The Hall–Kier alpha value is -2.86. The molecule has 0 radical (unpaired) electrons. The third kappa shape index (κ3) is 4.16. The summed E-state index contributed by atoms with van der Waals surface area (Å²) in [5.41, 5.74) is 1.69. The molecule has 0 atom stereocenters. The number of aromatic nitrogens is 1. The van der Waals surface area contributed by atoms with Crippen LogP contribution in [0.3, 0.4) is 0 Å². The summed E-state index contributed by atoms with van der Waals surface area (Å²) in [6, 6.07) is 12.9. The van der Waals surface area contributed by atoms with Crippen LogP contribution < -0.4 is 14.8 Å². The van der Waals surface area contributed by atoms with E-state index < -0.39 is 0 Å². The Morgan fingerprint density at radius 2 is 1.92 bits per heavy atom. The first-order chi connectivity index (χ1) is 12.0. The van der Waals surface area contributed by atoms with E-state index in [9.17, 15) is 4.79 Å². The number of carbonyl (C=O) groups excluding carboxylic acids is 1. The molecule has 6 heteroatoms. The maximum absolute atomic E-state index is 12.1. The maximum atomic E-state index is 12.1. The molecule has 0 saturated carbocycles. The van der Waals surface area contributed by atoms with Crippen LogP contribution in [0.15, 0.2) is 48.7 Å². The van der Waals surface area contributed by atoms with E-state index in [1.807, 2.05) is 44.2 Å². The minimum Gasteiger partial charge on any atom is -0.493 e. The lowest BCUT2D eigenvalue weighted by molar-refractivity contribution is 0.103. The van der Waals surface area contributed by atoms with E-state index in [2.05, 4.69) is 10.3 Å². The van der Waals surface area contributed by atoms with Gasteiger partial charge in [-0.05, 0) is 49.7 Å². The van der Waals surface area contributed by atoms with Gasteiger partial charge in [-0.3, -0.25) is 4.79 Å². The lowest BCUT2D eigenvalue weighted by Crippen LogP contribution is -2.10. The number of nitrogens with zero attached hydrogens (tertiary/aromatic N) is 1. The zero-order valence-electron chi connectivity index (χ0n) is 14.2. The fourth-order valence-corrected chi connectivity index (χ4v) is 3.00. The zero-order valence-corrected chi connectivity index (χ0v) is 15.0. The SMILES string of the molecule is COc1cc(C)ccc1Oc1ccc(NC(=O)c2ccc(C)s2)cn1. The van der Waals surface area contributed by atoms with E-state index >= 15 is 0 Å². The Bertz CT molecular complexity index is 888. The lowest BCUT2D eigenvalue weighted by Gasteiger charge is -2.10. The quantitative estimate of drug-likeness (QED) is 0.714. The topological polar surface area (TPSA) is 60.5 Å². The molecule has 0 aliphatic carbocycles. The summed E-state index contributed by atoms with van der Waals surface area (Å²) in [5, 5.41) is 2.82. The highest BCUT2D eigenvalue weighted by Gasteiger charge is 2.10. The van der Waals surface area contributed by atoms with Crippen molar-refractivity contribution in [2.24, 2.45) is 0 Å². The average molecular weight is 354 g/mol. The minimum atomic E-state index is -0.145. The number of amides is 1. The summed E-state index contributed by atoms with van der Waals surface area (Å²) in [6.07, 6.45) is 1.56. The normalized spacial score (nSPS) is 10.4. The van der Waals surface area contributed by atoms with E-state index in [1.165, 1.54) is 11.3 Å². The highest BCUT2D eigenvalue weighted by molar-refractivity contribution is 7.14. The van der Waals surface area contributed by atoms with Gasteiger partial charge < -0.3 is 14.8 Å². The number of hydrogen-bond acceptors (Lipinski definition) is 5. The van der Waals surface area contributed by atoms with E-state index in [1.54, 1.807) is 25.4 Å². The van der Waals surface area contributed by atoms with E-state index in [0.717, 1.165) is 10.4 Å². The molecule has 0 fully saturated rings. The maximum Gasteiger partial charge on any atom is 0.265 e. The van der Waals surface area contributed by atoms with Crippen LogP contribution in [0.4, 0.5) is 5.69 Å². The Morgan fingerprint density at radius 3 is 2.56 bits per heavy atom. The number of nitrogens with one attached hydrogen (secondary N) is 1. The van der Waals surface area contributed by atoms with Gasteiger partial charge in [0.05, 0.1) is 23.9 Å². The number of ether oxygens (including phenoxy) is 2. The number of hydrogen-bond donors (Lipinski definition) is 1. The first-order valence-electron chi connectivity index (χ1n) is 7.71. The van der Waals surface area contributed by atoms with E-state index in [0.29, 0.717) is 27.9 Å². The minimum absolute atomic E-state index is 0.145. The van der Waals surface area contributed by atoms with Gasteiger partial charge in [0.2, 0.25) is 5.88 Å². The van der Waals surface area contributed by atoms with Gasteiger partial charge >= 0.3 is 0 Å². The third-order valence-corrected chi connectivity index (χ3v) is 4.49. The highest BCUT2D eigenvalue weighted by Crippen LogP contribution is 2.31. The van der Waals surface area contributed by atoms with Crippen LogP contribution in [0.1, 0.15) is 20.1 Å². The van der Waals surface area contributed by atoms with Gasteiger partial charge in [0.1, 0.15) is 0 Å². The molecule has 128 valence electrons. The number of anilines is 1. The molecule has 0 bridgehead atoms. The second-order valence-electron chi connectivity index (χ2n) is 5.51. The van der Waals surface area contributed by atoms with Crippen molar-refractivity contribution in [2.45, 2.75) is 13.8 Å². The number of methoxy groups -OCH3 is 1. The van der Waals surface area contributed by atoms with Gasteiger partial charge in [-0.25, -0.2) is 4.98 Å². The summed E-state index contributed by atoms with van der Waals surface area (Å²) in [6.45, 7) is 3.95. The largest absolute Gasteiger partial charge is 0.493 e. The van der Waals surface area contributed by atoms with Crippen LogP contribution in [0.5, 0.6) is 17.4 Å². The number of carbonyl (C=O) groups is 1. The second kappa shape index (κ2) is 7.36. The van der Waals surface area contributed by atoms with Crippen molar-refractivity contribution in [1.29, 1.82) is 0 Å². The van der Waals surface area contributed by atoms with Crippen LogP contribution >= 0.6 is 11.3 Å². The molecule has 2 heterocycles. The van der Waals surface area contributed by atoms with Gasteiger partial charge in [-0.2, -0.15) is 0 Å². The van der Waals surface area contributed by atoms with Crippen molar-refractivity contribution in [3.05, 3.63) is 64.0 Å². The number of aryl methyl sites for hydroxylation is 2. The Balaban J connectivity index is 1.69. The summed E-state index contributed by atoms with van der Waals surface area (Å²) in [7, 11) is 1.60. The number of pyridine rings is 1. The van der Waals surface area contributed by atoms with Crippen LogP contribution in [0, 0.1) is 13.8 Å². The van der Waals surface area contributed by atoms with Gasteiger partial charge in [0.25, 0.3) is 5.91 Å². The summed E-state index contributed by atoms with van der Waals surface area (Å²) in [5.74, 6) is 1.51. The van der Waals surface area contributed by atoms with Crippen LogP contribution in [-0.2, 0) is 0 Å². The van der Waals surface area contributed by atoms with Gasteiger partial charge in [0, 0.05) is 10.9 Å². The zero-order chi connectivity index (χ0) is 17.8. The van der Waals surface area contributed by atoms with Crippen LogP contribution in [0.25, 0.3) is 0 Å². The summed E-state index contributed by atoms with van der Waals surface area (Å²) >= 11 is 1.45. The van der Waals surface area contributed by atoms with E-state index in [4.69, 9.17) is 9.47 Å². The molecule has 1 amide bonds. The first kappa shape index (κ1) is 17.0. The van der Waals surface area contributed by atoms with Gasteiger partial charge in [-0.1, -0.05) is 6.07 Å². The summed E-state index contributed by atoms with van der Waals surface area (Å²) < 4.78 is 11.1. The molecule has 25 heavy (non-hydrogen) atoms. The fraction of sp³-hybridized carbons (Fsp3) is 0.158. The van der Waals surface area contributed by atoms with Crippen molar-refractivity contribution in [3.63, 3.8) is 0 Å². The lowest BCUT2D eigenvalue weighted by atomic mass is 10.2. The van der Waals surface area contributed by atoms with Crippen molar-refractivity contribution >= 4 is 22.9 Å². The number of rotatable bonds is 5. The van der Waals surface area contributed by atoms with Crippen molar-refractivity contribution in [1.82, 2.24) is 4.98 Å². The monoisotopic (exact) mass is 354 g/mol. The third-order valence-electron chi connectivity index (χ3n) is 3.49. The molecule has 3 aromatic rings. The van der Waals surface area contributed by atoms with Crippen LogP contribution in [0.2, 0.25) is 0 Å². The molecule has 0 unspecified atom stereocenters. The van der Waals surface area contributed by atoms with E-state index in [-0.39, 0.29) is 5.91 Å². The summed E-state index contributed by atoms with van der Waals surface area (Å²) in [4.78, 5) is 18.1. The Morgan fingerprint density at radius 1 is 1.08 bits per heavy atom. The molecule has 1 aromatic carbocycles. The first-order valence-corrected chi connectivity index (χ1v) is 8.53. The fourth-order valence-electron chi connectivity index (χ4n) is 2.24. The average Bonchev–Trinajstić information content (AvgIpc) is 3.04. The highest BCUT2D eigenvalue weighted by atomic mass is 32.1. The molecular formula is C19H18N2O3S. The van der Waals surface area contributed by atoms with Crippen LogP contribution in [-0.4, -0.2) is 18.0 Å². The molecule has 1 N–H and O–H groups in total. The Labute approximate surface area is 150 Å². The molecule has 0 saturated heterocycles. The number of benzene rings is 1. The number of thiophene rings is 1. The predicted octanol–water partition coefficient (Wildman–Crippen LogP) is 4.81. The molecule has 0 aliphatic heterocycles. The molecule has 3 rings (SSSR count). The molecule has 5 nitrogen and oxygen atoms in total. The second-order valence-corrected chi connectivity index (χ2v) is 6.79. The molecule has 2 aromatic heterocycles. The molecular weight excluding hydrogens is 336 g/mol. The van der Waals surface area contributed by atoms with Crippen molar-refractivity contribution < 1.29 is 14.3 Å². The molecule has 0 spiro atoms. The molecule has 0 aliphatic rings. The van der Waals surface area contributed by atoms with Crippen molar-refractivity contribution in [2.75, 3.05) is 12.4 Å². The standard InChI is InChI=1S/C19H18N2O3S/c1-12-4-7-15(16(10-12)23-3)24-18-9-6-14(11-20-18)21-19(22)17-8-5-13(2)25-17/h4-11H,1-3H3,(H,21,22). The Kier molecular flexibility index (Phi) is 5.00. The van der Waals surface area contributed by atoms with Gasteiger partial charge in [0.15, 0.2) is 11.5 Å². The van der Waals surface area contributed by atoms with Gasteiger partial charge in [-0.15, -0.1) is 11.3 Å². The van der Waals surface area contributed by atoms with Crippen molar-refractivity contribution in [3.8, 4) is 17.4 Å². The smallest absolute Gasteiger partial charge is 0.265 e. The predicted molar refractivity (Wildman–Crippen MR) is 99.1 cm³/mol.